The van der Waals surface area contributed by atoms with E-state index in [1.165, 1.54) is 25.7 Å². The van der Waals surface area contributed by atoms with E-state index in [-0.39, 0.29) is 6.04 Å². The molecule has 21 heavy (non-hydrogen) atoms. The molecule has 1 saturated carbocycles. The largest absolute Gasteiger partial charge is 0.339 e. The normalized spacial score (nSPS) is 23.9. The van der Waals surface area contributed by atoms with Crippen LogP contribution in [0.3, 0.4) is 0 Å². The molecular formula is C17H23N3O. The second-order valence-corrected chi connectivity index (χ2v) is 6.22. The Kier molecular flexibility index (Phi) is 4.34. The first-order valence-electron chi connectivity index (χ1n) is 7.85. The molecule has 2 N–H and O–H groups in total. The molecule has 0 saturated heterocycles. The van der Waals surface area contributed by atoms with E-state index < -0.39 is 0 Å². The topological polar surface area (TPSA) is 64.9 Å². The summed E-state index contributed by atoms with van der Waals surface area (Å²) in [7, 11) is 0. The molecule has 1 heterocycles. The second-order valence-electron chi connectivity index (χ2n) is 6.22. The Labute approximate surface area is 125 Å². The van der Waals surface area contributed by atoms with Crippen molar-refractivity contribution < 1.29 is 4.52 Å². The molecular weight excluding hydrogens is 262 g/mol. The monoisotopic (exact) mass is 285 g/mol. The Hall–Kier alpha value is -1.68. The molecule has 1 aliphatic carbocycles. The Morgan fingerprint density at radius 3 is 2.62 bits per heavy atom. The van der Waals surface area contributed by atoms with E-state index in [1.807, 2.05) is 30.3 Å². The van der Waals surface area contributed by atoms with Gasteiger partial charge in [0.25, 0.3) is 0 Å². The Morgan fingerprint density at radius 1 is 1.19 bits per heavy atom. The highest BCUT2D eigenvalue weighted by molar-refractivity contribution is 5.19. The minimum Gasteiger partial charge on any atom is -0.339 e. The molecule has 0 spiro atoms. The van der Waals surface area contributed by atoms with Crippen LogP contribution in [0.1, 0.15) is 61.8 Å². The standard InChI is InChI=1S/C17H23N3O/c1-12-7-9-14(10-8-12)17-19-16(21-20-17)11-15(18)13-5-3-2-4-6-13/h2-6,12,14-15H,7-11,18H2,1H3. The number of nitrogens with zero attached hydrogens (tertiary/aromatic N) is 2. The van der Waals surface area contributed by atoms with Gasteiger partial charge >= 0.3 is 0 Å². The number of hydrogen-bond acceptors (Lipinski definition) is 4. The summed E-state index contributed by atoms with van der Waals surface area (Å²) in [5.74, 6) is 2.82. The van der Waals surface area contributed by atoms with E-state index in [0.717, 1.165) is 17.3 Å². The molecule has 1 aromatic carbocycles. The van der Waals surface area contributed by atoms with Gasteiger partial charge in [-0.05, 0) is 24.3 Å². The summed E-state index contributed by atoms with van der Waals surface area (Å²) in [6.45, 7) is 2.32. The van der Waals surface area contributed by atoms with Crippen LogP contribution in [0.5, 0.6) is 0 Å². The summed E-state index contributed by atoms with van der Waals surface area (Å²) >= 11 is 0. The Balaban J connectivity index is 1.63. The lowest BCUT2D eigenvalue weighted by Crippen LogP contribution is -2.14. The zero-order valence-electron chi connectivity index (χ0n) is 12.5. The van der Waals surface area contributed by atoms with Gasteiger partial charge in [-0.2, -0.15) is 4.98 Å². The van der Waals surface area contributed by atoms with Crippen LogP contribution >= 0.6 is 0 Å². The molecule has 3 rings (SSSR count). The van der Waals surface area contributed by atoms with Crippen molar-refractivity contribution in [2.45, 2.75) is 51.0 Å². The zero-order chi connectivity index (χ0) is 14.7. The first kappa shape index (κ1) is 14.3. The van der Waals surface area contributed by atoms with Crippen LogP contribution in [0.4, 0.5) is 0 Å². The average molecular weight is 285 g/mol. The van der Waals surface area contributed by atoms with E-state index in [1.54, 1.807) is 0 Å². The van der Waals surface area contributed by atoms with Crippen LogP contribution in [0.2, 0.25) is 0 Å². The number of nitrogens with two attached hydrogens (primary N) is 1. The highest BCUT2D eigenvalue weighted by atomic mass is 16.5. The van der Waals surface area contributed by atoms with Gasteiger partial charge in [-0.3, -0.25) is 0 Å². The fourth-order valence-electron chi connectivity index (χ4n) is 3.04. The van der Waals surface area contributed by atoms with Crippen molar-refractivity contribution >= 4 is 0 Å². The highest BCUT2D eigenvalue weighted by Crippen LogP contribution is 2.34. The van der Waals surface area contributed by atoms with Gasteiger partial charge in [0.2, 0.25) is 5.89 Å². The fraction of sp³-hybridized carbons (Fsp3) is 0.529. The maximum atomic E-state index is 6.21. The lowest BCUT2D eigenvalue weighted by molar-refractivity contribution is 0.322. The third-order valence-electron chi connectivity index (χ3n) is 4.49. The van der Waals surface area contributed by atoms with Crippen molar-refractivity contribution in [3.63, 3.8) is 0 Å². The molecule has 4 heteroatoms. The van der Waals surface area contributed by atoms with Crippen molar-refractivity contribution in [1.29, 1.82) is 0 Å². The quantitative estimate of drug-likeness (QED) is 0.932. The maximum Gasteiger partial charge on any atom is 0.228 e. The number of aromatic nitrogens is 2. The van der Waals surface area contributed by atoms with Gasteiger partial charge in [-0.1, -0.05) is 55.3 Å². The molecule has 1 aromatic heterocycles. The molecule has 1 fully saturated rings. The van der Waals surface area contributed by atoms with Crippen LogP contribution in [0.25, 0.3) is 0 Å². The lowest BCUT2D eigenvalue weighted by atomic mass is 9.83. The molecule has 0 aliphatic heterocycles. The first-order valence-corrected chi connectivity index (χ1v) is 7.85. The van der Waals surface area contributed by atoms with Crippen molar-refractivity contribution in [3.8, 4) is 0 Å². The molecule has 0 amide bonds. The molecule has 0 bridgehead atoms. The second kappa shape index (κ2) is 6.39. The smallest absolute Gasteiger partial charge is 0.228 e. The van der Waals surface area contributed by atoms with Crippen LogP contribution in [-0.2, 0) is 6.42 Å². The summed E-state index contributed by atoms with van der Waals surface area (Å²) < 4.78 is 5.40. The highest BCUT2D eigenvalue weighted by Gasteiger charge is 2.24. The summed E-state index contributed by atoms with van der Waals surface area (Å²) in [4.78, 5) is 4.57. The molecule has 4 nitrogen and oxygen atoms in total. The summed E-state index contributed by atoms with van der Waals surface area (Å²) in [5.41, 5.74) is 7.31. The number of hydrogen-bond donors (Lipinski definition) is 1. The Bertz CT molecular complexity index is 558. The minimum atomic E-state index is -0.0918. The van der Waals surface area contributed by atoms with E-state index >= 15 is 0 Å². The zero-order valence-corrected chi connectivity index (χ0v) is 12.5. The minimum absolute atomic E-state index is 0.0918. The van der Waals surface area contributed by atoms with Crippen molar-refractivity contribution in [2.24, 2.45) is 11.7 Å². The van der Waals surface area contributed by atoms with Gasteiger partial charge in [-0.15, -0.1) is 0 Å². The van der Waals surface area contributed by atoms with Crippen molar-refractivity contribution in [1.82, 2.24) is 10.1 Å². The molecule has 0 radical (unpaired) electrons. The van der Waals surface area contributed by atoms with Gasteiger partial charge in [0.05, 0.1) is 0 Å². The van der Waals surface area contributed by atoms with Crippen LogP contribution in [0, 0.1) is 5.92 Å². The molecule has 1 unspecified atom stereocenters. The first-order chi connectivity index (χ1) is 10.2. The van der Waals surface area contributed by atoms with E-state index in [0.29, 0.717) is 18.2 Å². The van der Waals surface area contributed by atoms with Gasteiger partial charge in [-0.25, -0.2) is 0 Å². The fourth-order valence-corrected chi connectivity index (χ4v) is 3.04. The lowest BCUT2D eigenvalue weighted by Gasteiger charge is -2.23. The van der Waals surface area contributed by atoms with E-state index in [9.17, 15) is 0 Å². The number of benzene rings is 1. The number of rotatable bonds is 4. The summed E-state index contributed by atoms with van der Waals surface area (Å²) in [5, 5.41) is 4.17. The molecule has 1 aliphatic rings. The Morgan fingerprint density at radius 2 is 1.90 bits per heavy atom. The summed E-state index contributed by atoms with van der Waals surface area (Å²) in [6.07, 6.45) is 5.46. The molecule has 1 atom stereocenters. The summed E-state index contributed by atoms with van der Waals surface area (Å²) in [6, 6.07) is 9.96. The van der Waals surface area contributed by atoms with Gasteiger partial charge in [0, 0.05) is 18.4 Å². The third-order valence-corrected chi connectivity index (χ3v) is 4.49. The van der Waals surface area contributed by atoms with Crippen molar-refractivity contribution in [3.05, 3.63) is 47.6 Å². The predicted molar refractivity (Wildman–Crippen MR) is 81.7 cm³/mol. The third kappa shape index (κ3) is 3.50. The van der Waals surface area contributed by atoms with Gasteiger partial charge in [0.15, 0.2) is 5.82 Å². The SMILES string of the molecule is CC1CCC(c2noc(CC(N)c3ccccc3)n2)CC1. The van der Waals surface area contributed by atoms with Crippen LogP contribution < -0.4 is 5.73 Å². The van der Waals surface area contributed by atoms with Crippen LogP contribution in [-0.4, -0.2) is 10.1 Å². The van der Waals surface area contributed by atoms with Crippen LogP contribution in [0.15, 0.2) is 34.9 Å². The predicted octanol–water partition coefficient (Wildman–Crippen LogP) is 3.61. The maximum absolute atomic E-state index is 6.21. The average Bonchev–Trinajstić information content (AvgIpc) is 2.97. The van der Waals surface area contributed by atoms with E-state index in [4.69, 9.17) is 10.3 Å². The molecule has 2 aromatic rings. The van der Waals surface area contributed by atoms with Gasteiger partial charge in [0.1, 0.15) is 0 Å². The van der Waals surface area contributed by atoms with Gasteiger partial charge < -0.3 is 10.3 Å². The van der Waals surface area contributed by atoms with E-state index in [2.05, 4.69) is 17.1 Å². The molecule has 112 valence electrons. The van der Waals surface area contributed by atoms with Crippen molar-refractivity contribution in [2.75, 3.05) is 0 Å².